The van der Waals surface area contributed by atoms with Crippen molar-refractivity contribution in [3.05, 3.63) is 0 Å². The fourth-order valence-corrected chi connectivity index (χ4v) is 12.3. The lowest BCUT2D eigenvalue weighted by Crippen LogP contribution is -2.68. The van der Waals surface area contributed by atoms with Crippen LogP contribution in [0.2, 0.25) is 0 Å². The maximum atomic E-state index is 11.8. The standard InChI is InChI=1S/C30H52O2/c1-25(2)14-9-15-28(6)23-11-10-22-27(5)16-12-19(26(3,4)32)20(27)13-17-29(22,7)30(23,8)18-21(31)24(25)28/h19-24,31-32H,9-18H2,1-8H3/t19-,20-,21-,22+,23?,24?,27-,28+,29-,30+/m0/s1. The number of hydrogen-bond donors (Lipinski definition) is 2. The fourth-order valence-electron chi connectivity index (χ4n) is 12.3. The maximum absolute atomic E-state index is 11.8. The molecule has 5 rings (SSSR count). The van der Waals surface area contributed by atoms with Crippen LogP contribution in [-0.4, -0.2) is 21.9 Å². The molecule has 5 fully saturated rings. The molecule has 0 saturated heterocycles. The van der Waals surface area contributed by atoms with Crippen molar-refractivity contribution in [2.45, 2.75) is 131 Å². The van der Waals surface area contributed by atoms with E-state index in [-0.39, 0.29) is 22.3 Å². The van der Waals surface area contributed by atoms with Gasteiger partial charge in [0.2, 0.25) is 0 Å². The van der Waals surface area contributed by atoms with E-state index in [4.69, 9.17) is 0 Å². The van der Waals surface area contributed by atoms with Crippen LogP contribution in [0.25, 0.3) is 0 Å². The molecule has 184 valence electrons. The summed E-state index contributed by atoms with van der Waals surface area (Å²) in [6.45, 7) is 19.4. The average Bonchev–Trinajstić information content (AvgIpc) is 2.98. The highest BCUT2D eigenvalue weighted by Crippen LogP contribution is 2.78. The molecular weight excluding hydrogens is 392 g/mol. The summed E-state index contributed by atoms with van der Waals surface area (Å²) in [5.74, 6) is 3.01. The highest BCUT2D eigenvalue weighted by atomic mass is 16.3. The average molecular weight is 445 g/mol. The van der Waals surface area contributed by atoms with Gasteiger partial charge in [-0.05, 0) is 128 Å². The molecule has 0 heterocycles. The van der Waals surface area contributed by atoms with E-state index in [0.29, 0.717) is 28.6 Å². The van der Waals surface area contributed by atoms with Crippen LogP contribution in [0.3, 0.4) is 0 Å². The summed E-state index contributed by atoms with van der Waals surface area (Å²) in [5, 5.41) is 22.8. The van der Waals surface area contributed by atoms with E-state index in [1.54, 1.807) is 0 Å². The SMILES string of the molecule is CC1(C)CCC[C@@]2(C)C1[C@@H](O)C[C@]1(C)C2CC[C@@H]2[C@@]3(C)CC[C@H](C(C)(C)O)[C@@H]3CC[C@@]21C. The summed E-state index contributed by atoms with van der Waals surface area (Å²) in [6, 6.07) is 0. The number of aliphatic hydroxyl groups excluding tert-OH is 1. The van der Waals surface area contributed by atoms with Crippen LogP contribution < -0.4 is 0 Å². The summed E-state index contributed by atoms with van der Waals surface area (Å²) in [5.41, 5.74) is 0.819. The lowest BCUT2D eigenvalue weighted by molar-refractivity contribution is -0.268. The van der Waals surface area contributed by atoms with Crippen molar-refractivity contribution in [2.24, 2.45) is 56.7 Å². The van der Waals surface area contributed by atoms with Crippen LogP contribution in [-0.2, 0) is 0 Å². The zero-order valence-corrected chi connectivity index (χ0v) is 22.4. The monoisotopic (exact) mass is 444 g/mol. The molecule has 0 aromatic heterocycles. The van der Waals surface area contributed by atoms with E-state index in [2.05, 4.69) is 55.4 Å². The summed E-state index contributed by atoms with van der Waals surface area (Å²) >= 11 is 0. The number of rotatable bonds is 1. The van der Waals surface area contributed by atoms with Gasteiger partial charge in [-0.25, -0.2) is 0 Å². The Balaban J connectivity index is 1.54. The molecule has 5 aliphatic carbocycles. The molecule has 2 nitrogen and oxygen atoms in total. The van der Waals surface area contributed by atoms with E-state index in [1.165, 1.54) is 57.8 Å². The minimum Gasteiger partial charge on any atom is -0.393 e. The van der Waals surface area contributed by atoms with E-state index in [9.17, 15) is 10.2 Å². The van der Waals surface area contributed by atoms with E-state index >= 15 is 0 Å². The minimum absolute atomic E-state index is 0.162. The Hall–Kier alpha value is -0.0800. The molecule has 0 radical (unpaired) electrons. The van der Waals surface area contributed by atoms with Gasteiger partial charge in [0.15, 0.2) is 0 Å². The molecule has 0 aromatic carbocycles. The Morgan fingerprint density at radius 2 is 1.34 bits per heavy atom. The van der Waals surface area contributed by atoms with Crippen LogP contribution in [0.1, 0.15) is 120 Å². The molecule has 5 saturated carbocycles. The van der Waals surface area contributed by atoms with Gasteiger partial charge in [-0.3, -0.25) is 0 Å². The Morgan fingerprint density at radius 1 is 0.719 bits per heavy atom. The molecular formula is C30H52O2. The molecule has 0 aliphatic heterocycles. The van der Waals surface area contributed by atoms with Crippen LogP contribution in [0.15, 0.2) is 0 Å². The van der Waals surface area contributed by atoms with Crippen molar-refractivity contribution < 1.29 is 10.2 Å². The molecule has 2 heteroatoms. The molecule has 0 amide bonds. The third kappa shape index (κ3) is 2.78. The first-order valence-electron chi connectivity index (χ1n) is 14.0. The molecule has 2 N–H and O–H groups in total. The Morgan fingerprint density at radius 3 is 1.97 bits per heavy atom. The first-order chi connectivity index (χ1) is 14.6. The predicted molar refractivity (Wildman–Crippen MR) is 132 cm³/mol. The smallest absolute Gasteiger partial charge is 0.0622 e. The van der Waals surface area contributed by atoms with Gasteiger partial charge in [0.1, 0.15) is 0 Å². The molecule has 5 aliphatic rings. The second kappa shape index (κ2) is 6.77. The van der Waals surface area contributed by atoms with Crippen molar-refractivity contribution in [2.75, 3.05) is 0 Å². The minimum atomic E-state index is -0.563. The van der Waals surface area contributed by atoms with Gasteiger partial charge in [-0.1, -0.05) is 48.0 Å². The van der Waals surface area contributed by atoms with Gasteiger partial charge in [0.25, 0.3) is 0 Å². The van der Waals surface area contributed by atoms with Crippen LogP contribution in [0, 0.1) is 56.7 Å². The quantitative estimate of drug-likeness (QED) is 0.448. The van der Waals surface area contributed by atoms with Crippen molar-refractivity contribution >= 4 is 0 Å². The molecule has 0 spiro atoms. The molecule has 10 atom stereocenters. The summed E-state index contributed by atoms with van der Waals surface area (Å²) in [4.78, 5) is 0. The van der Waals surface area contributed by atoms with Gasteiger partial charge in [-0.15, -0.1) is 0 Å². The third-order valence-electron chi connectivity index (χ3n) is 13.5. The topological polar surface area (TPSA) is 40.5 Å². The lowest BCUT2D eigenvalue weighted by Gasteiger charge is -2.73. The molecule has 2 unspecified atom stereocenters. The van der Waals surface area contributed by atoms with Crippen molar-refractivity contribution in [3.8, 4) is 0 Å². The largest absolute Gasteiger partial charge is 0.393 e. The summed E-state index contributed by atoms with van der Waals surface area (Å²) in [6.07, 6.45) is 12.5. The maximum Gasteiger partial charge on any atom is 0.0622 e. The van der Waals surface area contributed by atoms with Crippen LogP contribution in [0.5, 0.6) is 0 Å². The normalized spacial score (nSPS) is 57.2. The highest BCUT2D eigenvalue weighted by molar-refractivity contribution is 5.20. The van der Waals surface area contributed by atoms with Gasteiger partial charge >= 0.3 is 0 Å². The third-order valence-corrected chi connectivity index (χ3v) is 13.5. The first kappa shape index (κ1) is 23.7. The van der Waals surface area contributed by atoms with Crippen molar-refractivity contribution in [1.82, 2.24) is 0 Å². The molecule has 0 aromatic rings. The van der Waals surface area contributed by atoms with Crippen LogP contribution >= 0.6 is 0 Å². The van der Waals surface area contributed by atoms with E-state index in [1.807, 2.05) is 0 Å². The number of fused-ring (bicyclic) bond motifs is 7. The van der Waals surface area contributed by atoms with E-state index < -0.39 is 5.60 Å². The van der Waals surface area contributed by atoms with Crippen LogP contribution in [0.4, 0.5) is 0 Å². The molecule has 32 heavy (non-hydrogen) atoms. The second-order valence-corrected chi connectivity index (χ2v) is 15.6. The van der Waals surface area contributed by atoms with Gasteiger partial charge in [-0.2, -0.15) is 0 Å². The first-order valence-corrected chi connectivity index (χ1v) is 14.0. The summed E-state index contributed by atoms with van der Waals surface area (Å²) in [7, 11) is 0. The van der Waals surface area contributed by atoms with E-state index in [0.717, 1.165) is 18.3 Å². The summed E-state index contributed by atoms with van der Waals surface area (Å²) < 4.78 is 0. The number of hydrogen-bond acceptors (Lipinski definition) is 2. The second-order valence-electron chi connectivity index (χ2n) is 15.6. The molecule has 0 bridgehead atoms. The number of aliphatic hydroxyl groups is 2. The predicted octanol–water partition coefficient (Wildman–Crippen LogP) is 7.22. The lowest BCUT2D eigenvalue weighted by atomic mass is 9.31. The highest BCUT2D eigenvalue weighted by Gasteiger charge is 2.72. The van der Waals surface area contributed by atoms with Gasteiger partial charge in [0.05, 0.1) is 11.7 Å². The van der Waals surface area contributed by atoms with Gasteiger partial charge < -0.3 is 10.2 Å². The van der Waals surface area contributed by atoms with Gasteiger partial charge in [0, 0.05) is 0 Å². The van der Waals surface area contributed by atoms with Crippen molar-refractivity contribution in [1.29, 1.82) is 0 Å². The Labute approximate surface area is 198 Å². The fraction of sp³-hybridized carbons (Fsp3) is 1.00. The Bertz CT molecular complexity index is 765. The van der Waals surface area contributed by atoms with Crippen molar-refractivity contribution in [3.63, 3.8) is 0 Å². The zero-order valence-electron chi connectivity index (χ0n) is 22.4. The Kier molecular flexibility index (Phi) is 5.01. The zero-order chi connectivity index (χ0) is 23.5.